The number of anilines is 1. The SMILES string of the molecule is Cc1cc2c(cc1[N+](=O)[O-])N(CN)C(C(C)C)CC2. The van der Waals surface area contributed by atoms with Gasteiger partial charge >= 0.3 is 0 Å². The highest BCUT2D eigenvalue weighted by molar-refractivity contribution is 5.64. The van der Waals surface area contributed by atoms with E-state index in [0.29, 0.717) is 18.6 Å². The zero-order chi connectivity index (χ0) is 14.2. The van der Waals surface area contributed by atoms with Crippen LogP contribution < -0.4 is 10.6 Å². The molecule has 19 heavy (non-hydrogen) atoms. The largest absolute Gasteiger partial charge is 0.355 e. The molecule has 1 aliphatic heterocycles. The molecule has 0 spiro atoms. The van der Waals surface area contributed by atoms with Crippen molar-refractivity contribution < 1.29 is 4.92 Å². The molecular weight excluding hydrogens is 242 g/mol. The van der Waals surface area contributed by atoms with Crippen LogP contribution in [0.1, 0.15) is 31.4 Å². The zero-order valence-electron chi connectivity index (χ0n) is 11.7. The van der Waals surface area contributed by atoms with Crippen LogP contribution in [-0.2, 0) is 6.42 Å². The molecule has 2 N–H and O–H groups in total. The van der Waals surface area contributed by atoms with Crippen LogP contribution in [0.3, 0.4) is 0 Å². The Bertz CT molecular complexity index is 500. The Balaban J connectivity index is 2.50. The van der Waals surface area contributed by atoms with E-state index in [1.807, 2.05) is 6.07 Å². The number of nitrogens with two attached hydrogens (primary N) is 1. The first-order valence-corrected chi connectivity index (χ1v) is 6.70. The van der Waals surface area contributed by atoms with E-state index in [2.05, 4.69) is 18.7 Å². The molecule has 2 rings (SSSR count). The van der Waals surface area contributed by atoms with E-state index >= 15 is 0 Å². The fourth-order valence-corrected chi connectivity index (χ4v) is 2.97. The molecule has 5 heteroatoms. The van der Waals surface area contributed by atoms with Gasteiger partial charge in [-0.1, -0.05) is 13.8 Å². The fourth-order valence-electron chi connectivity index (χ4n) is 2.97. The van der Waals surface area contributed by atoms with Crippen molar-refractivity contribution in [2.24, 2.45) is 11.7 Å². The number of fused-ring (bicyclic) bond motifs is 1. The minimum Gasteiger partial charge on any atom is -0.355 e. The van der Waals surface area contributed by atoms with Gasteiger partial charge in [0, 0.05) is 23.4 Å². The summed E-state index contributed by atoms with van der Waals surface area (Å²) in [5.74, 6) is 0.483. The second kappa shape index (κ2) is 5.17. The second-order valence-electron chi connectivity index (χ2n) is 5.53. The predicted molar refractivity (Wildman–Crippen MR) is 76.3 cm³/mol. The molecule has 1 aromatic carbocycles. The van der Waals surface area contributed by atoms with Gasteiger partial charge in [-0.2, -0.15) is 0 Å². The molecule has 0 saturated carbocycles. The minimum atomic E-state index is -0.316. The molecule has 1 atom stereocenters. The summed E-state index contributed by atoms with van der Waals surface area (Å²) in [4.78, 5) is 12.9. The summed E-state index contributed by atoms with van der Waals surface area (Å²) in [5, 5.41) is 11.1. The topological polar surface area (TPSA) is 72.4 Å². The first kappa shape index (κ1) is 13.8. The summed E-state index contributed by atoms with van der Waals surface area (Å²) in [6.07, 6.45) is 2.02. The Kier molecular flexibility index (Phi) is 3.75. The molecule has 0 amide bonds. The number of benzene rings is 1. The molecule has 104 valence electrons. The van der Waals surface area contributed by atoms with Gasteiger partial charge in [-0.05, 0) is 37.3 Å². The predicted octanol–water partition coefficient (Wildman–Crippen LogP) is 2.60. The van der Waals surface area contributed by atoms with Gasteiger partial charge in [0.25, 0.3) is 5.69 Å². The third kappa shape index (κ3) is 2.42. The van der Waals surface area contributed by atoms with Crippen molar-refractivity contribution in [3.05, 3.63) is 33.4 Å². The van der Waals surface area contributed by atoms with Gasteiger partial charge in [0.2, 0.25) is 0 Å². The van der Waals surface area contributed by atoms with Gasteiger partial charge in [-0.15, -0.1) is 0 Å². The van der Waals surface area contributed by atoms with E-state index < -0.39 is 0 Å². The van der Waals surface area contributed by atoms with Crippen LogP contribution in [0.25, 0.3) is 0 Å². The summed E-state index contributed by atoms with van der Waals surface area (Å²) in [5.41, 5.74) is 8.88. The molecule has 5 nitrogen and oxygen atoms in total. The maximum atomic E-state index is 11.1. The van der Waals surface area contributed by atoms with Gasteiger partial charge in [-0.3, -0.25) is 10.1 Å². The number of rotatable bonds is 3. The summed E-state index contributed by atoms with van der Waals surface area (Å²) in [6, 6.07) is 3.98. The van der Waals surface area contributed by atoms with Gasteiger partial charge in [-0.25, -0.2) is 0 Å². The van der Waals surface area contributed by atoms with Gasteiger partial charge < -0.3 is 10.6 Å². The van der Waals surface area contributed by atoms with E-state index in [-0.39, 0.29) is 10.6 Å². The highest BCUT2D eigenvalue weighted by Crippen LogP contribution is 2.37. The monoisotopic (exact) mass is 263 g/mol. The third-order valence-electron chi connectivity index (χ3n) is 3.98. The lowest BCUT2D eigenvalue weighted by Gasteiger charge is -2.40. The van der Waals surface area contributed by atoms with Crippen LogP contribution in [0, 0.1) is 23.0 Å². The Morgan fingerprint density at radius 1 is 1.53 bits per heavy atom. The van der Waals surface area contributed by atoms with Crippen LogP contribution in [0.5, 0.6) is 0 Å². The van der Waals surface area contributed by atoms with E-state index in [1.165, 1.54) is 5.56 Å². The molecule has 1 aliphatic rings. The molecule has 0 saturated heterocycles. The van der Waals surface area contributed by atoms with Gasteiger partial charge in [0.15, 0.2) is 0 Å². The number of hydrogen-bond donors (Lipinski definition) is 1. The zero-order valence-corrected chi connectivity index (χ0v) is 11.7. The average molecular weight is 263 g/mol. The highest BCUT2D eigenvalue weighted by atomic mass is 16.6. The lowest BCUT2D eigenvalue weighted by molar-refractivity contribution is -0.385. The Hall–Kier alpha value is -1.62. The second-order valence-corrected chi connectivity index (χ2v) is 5.53. The summed E-state index contributed by atoms with van der Waals surface area (Å²) in [6.45, 7) is 6.53. The van der Waals surface area contributed by atoms with Crippen molar-refractivity contribution in [1.29, 1.82) is 0 Å². The molecule has 1 heterocycles. The highest BCUT2D eigenvalue weighted by Gasteiger charge is 2.29. The van der Waals surface area contributed by atoms with Crippen LogP contribution in [0.4, 0.5) is 11.4 Å². The Morgan fingerprint density at radius 3 is 2.74 bits per heavy atom. The molecule has 1 aromatic rings. The van der Waals surface area contributed by atoms with E-state index in [0.717, 1.165) is 24.1 Å². The van der Waals surface area contributed by atoms with Crippen LogP contribution >= 0.6 is 0 Å². The lowest BCUT2D eigenvalue weighted by Crippen LogP contribution is -2.45. The fraction of sp³-hybridized carbons (Fsp3) is 0.571. The number of nitro groups is 1. The lowest BCUT2D eigenvalue weighted by atomic mass is 9.88. The Morgan fingerprint density at radius 2 is 2.21 bits per heavy atom. The number of aryl methyl sites for hydroxylation is 2. The quantitative estimate of drug-likeness (QED) is 0.672. The van der Waals surface area contributed by atoms with Crippen molar-refractivity contribution in [3.8, 4) is 0 Å². The smallest absolute Gasteiger partial charge is 0.274 e. The molecule has 1 unspecified atom stereocenters. The number of nitrogens with zero attached hydrogens (tertiary/aromatic N) is 2. The molecule has 0 aliphatic carbocycles. The first-order chi connectivity index (χ1) is 8.95. The van der Waals surface area contributed by atoms with Crippen molar-refractivity contribution >= 4 is 11.4 Å². The summed E-state index contributed by atoms with van der Waals surface area (Å²) >= 11 is 0. The van der Waals surface area contributed by atoms with Crippen molar-refractivity contribution in [3.63, 3.8) is 0 Å². The first-order valence-electron chi connectivity index (χ1n) is 6.70. The maximum absolute atomic E-state index is 11.1. The third-order valence-corrected chi connectivity index (χ3v) is 3.98. The van der Waals surface area contributed by atoms with Crippen LogP contribution in [0.2, 0.25) is 0 Å². The minimum absolute atomic E-state index is 0.182. The molecule has 0 bridgehead atoms. The molecular formula is C14H21N3O2. The van der Waals surface area contributed by atoms with E-state index in [1.54, 1.807) is 13.0 Å². The van der Waals surface area contributed by atoms with Crippen LogP contribution in [0.15, 0.2) is 12.1 Å². The number of hydrogen-bond acceptors (Lipinski definition) is 4. The standard InChI is InChI=1S/C14H21N3O2/c1-9(2)12-5-4-11-6-10(3)13(17(18)19)7-14(11)16(12)8-15/h6-7,9,12H,4-5,8,15H2,1-3H3. The van der Waals surface area contributed by atoms with E-state index in [9.17, 15) is 10.1 Å². The average Bonchev–Trinajstić information content (AvgIpc) is 2.35. The van der Waals surface area contributed by atoms with Crippen molar-refractivity contribution in [2.45, 2.75) is 39.7 Å². The molecule has 0 aromatic heterocycles. The Labute approximate surface area is 113 Å². The van der Waals surface area contributed by atoms with Gasteiger partial charge in [0.05, 0.1) is 11.6 Å². The maximum Gasteiger partial charge on any atom is 0.274 e. The summed E-state index contributed by atoms with van der Waals surface area (Å²) < 4.78 is 0. The van der Waals surface area contributed by atoms with Crippen molar-refractivity contribution in [2.75, 3.05) is 11.6 Å². The number of nitro benzene ring substituents is 1. The normalized spacial score (nSPS) is 18.6. The molecule has 0 radical (unpaired) electrons. The van der Waals surface area contributed by atoms with Crippen molar-refractivity contribution in [1.82, 2.24) is 0 Å². The molecule has 0 fully saturated rings. The van der Waals surface area contributed by atoms with Crippen LogP contribution in [-0.4, -0.2) is 17.6 Å². The summed E-state index contributed by atoms with van der Waals surface area (Å²) in [7, 11) is 0. The van der Waals surface area contributed by atoms with E-state index in [4.69, 9.17) is 5.73 Å². The van der Waals surface area contributed by atoms with Gasteiger partial charge in [0.1, 0.15) is 0 Å².